The topological polar surface area (TPSA) is 104 Å². The number of thioether (sulfide) groups is 1. The Labute approximate surface area is 181 Å². The van der Waals surface area contributed by atoms with Crippen LogP contribution in [0, 0.1) is 0 Å². The van der Waals surface area contributed by atoms with Gasteiger partial charge in [-0.3, -0.25) is 4.79 Å². The maximum absolute atomic E-state index is 12.4. The molecule has 0 aliphatic carbocycles. The van der Waals surface area contributed by atoms with E-state index in [9.17, 15) is 4.79 Å². The van der Waals surface area contributed by atoms with Gasteiger partial charge in [0.05, 0.1) is 12.3 Å². The average Bonchev–Trinajstić information content (AvgIpc) is 3.21. The normalized spacial score (nSPS) is 12.6. The summed E-state index contributed by atoms with van der Waals surface area (Å²) in [5.74, 6) is 1.32. The summed E-state index contributed by atoms with van der Waals surface area (Å²) in [7, 11) is 0. The number of carbonyl (C=O) groups excluding carboxylic acids is 1. The van der Waals surface area contributed by atoms with Gasteiger partial charge in [-0.1, -0.05) is 47.3 Å². The smallest absolute Gasteiger partial charge is 0.234 e. The molecule has 0 saturated carbocycles. The van der Waals surface area contributed by atoms with Crippen LogP contribution in [0.15, 0.2) is 59.9 Å². The minimum Gasteiger partial charge on any atom is -0.486 e. The molecule has 0 radical (unpaired) electrons. The van der Waals surface area contributed by atoms with Crippen LogP contribution in [-0.4, -0.2) is 49.8 Å². The Hall–Kier alpha value is -3.66. The number of anilines is 1. The van der Waals surface area contributed by atoms with E-state index in [1.165, 1.54) is 18.1 Å². The fourth-order valence-electron chi connectivity index (χ4n) is 3.19. The number of hydrogen-bond acceptors (Lipinski definition) is 8. The van der Waals surface area contributed by atoms with Crippen LogP contribution in [-0.2, 0) is 11.3 Å². The van der Waals surface area contributed by atoms with Crippen molar-refractivity contribution in [1.82, 2.24) is 25.0 Å². The third-order valence-electron chi connectivity index (χ3n) is 4.61. The van der Waals surface area contributed by atoms with Crippen LogP contribution in [0.5, 0.6) is 11.5 Å². The first-order valence-corrected chi connectivity index (χ1v) is 10.7. The first-order valence-electron chi connectivity index (χ1n) is 9.67. The second-order valence-corrected chi connectivity index (χ2v) is 7.74. The second kappa shape index (κ2) is 8.60. The van der Waals surface area contributed by atoms with Crippen LogP contribution >= 0.6 is 11.8 Å². The zero-order valence-corrected chi connectivity index (χ0v) is 17.2. The lowest BCUT2D eigenvalue weighted by Crippen LogP contribution is -2.17. The SMILES string of the molecule is O=C(CSc1ncnc2c1nnn2Cc1ccccc1)Nc1ccc2c(c1)OCCO2. The second-order valence-electron chi connectivity index (χ2n) is 6.78. The lowest BCUT2D eigenvalue weighted by Gasteiger charge is -2.18. The predicted molar refractivity (Wildman–Crippen MR) is 115 cm³/mol. The Kier molecular flexibility index (Phi) is 5.36. The Morgan fingerprint density at radius 3 is 2.77 bits per heavy atom. The highest BCUT2D eigenvalue weighted by Crippen LogP contribution is 2.32. The highest BCUT2D eigenvalue weighted by atomic mass is 32.2. The van der Waals surface area contributed by atoms with Gasteiger partial charge in [-0.25, -0.2) is 14.6 Å². The van der Waals surface area contributed by atoms with E-state index in [-0.39, 0.29) is 11.7 Å². The molecule has 0 unspecified atom stereocenters. The third kappa shape index (κ3) is 4.29. The quantitative estimate of drug-likeness (QED) is 0.365. The number of nitrogens with zero attached hydrogens (tertiary/aromatic N) is 5. The molecule has 0 fully saturated rings. The molecule has 5 rings (SSSR count). The molecule has 9 nitrogen and oxygen atoms in total. The molecule has 0 bridgehead atoms. The largest absolute Gasteiger partial charge is 0.486 e. The Bertz CT molecular complexity index is 1230. The molecule has 2 aromatic heterocycles. The van der Waals surface area contributed by atoms with E-state index < -0.39 is 0 Å². The van der Waals surface area contributed by atoms with E-state index in [1.807, 2.05) is 30.3 Å². The summed E-state index contributed by atoms with van der Waals surface area (Å²) < 4.78 is 12.8. The summed E-state index contributed by atoms with van der Waals surface area (Å²) >= 11 is 1.29. The number of aromatic nitrogens is 5. The number of ether oxygens (including phenoxy) is 2. The summed E-state index contributed by atoms with van der Waals surface area (Å²) in [4.78, 5) is 21.1. The lowest BCUT2D eigenvalue weighted by molar-refractivity contribution is -0.113. The Balaban J connectivity index is 1.26. The number of amides is 1. The van der Waals surface area contributed by atoms with Gasteiger partial charge in [-0.15, -0.1) is 5.10 Å². The van der Waals surface area contributed by atoms with E-state index in [4.69, 9.17) is 9.47 Å². The molecule has 1 aliphatic rings. The van der Waals surface area contributed by atoms with Crippen molar-refractivity contribution in [3.63, 3.8) is 0 Å². The van der Waals surface area contributed by atoms with Gasteiger partial charge in [0.25, 0.3) is 0 Å². The van der Waals surface area contributed by atoms with E-state index >= 15 is 0 Å². The summed E-state index contributed by atoms with van der Waals surface area (Å²) in [6, 6.07) is 15.3. The van der Waals surface area contributed by atoms with Gasteiger partial charge in [0, 0.05) is 11.8 Å². The van der Waals surface area contributed by atoms with Crippen LogP contribution in [0.3, 0.4) is 0 Å². The Morgan fingerprint density at radius 2 is 1.90 bits per heavy atom. The maximum atomic E-state index is 12.4. The summed E-state index contributed by atoms with van der Waals surface area (Å²) in [6.07, 6.45) is 1.47. The predicted octanol–water partition coefficient (Wildman–Crippen LogP) is 2.77. The van der Waals surface area contributed by atoms with Crippen molar-refractivity contribution in [3.05, 3.63) is 60.4 Å². The van der Waals surface area contributed by atoms with Crippen molar-refractivity contribution in [2.24, 2.45) is 0 Å². The molecule has 2 aromatic carbocycles. The lowest BCUT2D eigenvalue weighted by atomic mass is 10.2. The molecule has 3 heterocycles. The Morgan fingerprint density at radius 1 is 1.06 bits per heavy atom. The zero-order chi connectivity index (χ0) is 21.0. The van der Waals surface area contributed by atoms with Crippen molar-refractivity contribution in [2.45, 2.75) is 11.6 Å². The van der Waals surface area contributed by atoms with Crippen LogP contribution in [0.25, 0.3) is 11.2 Å². The van der Waals surface area contributed by atoms with Gasteiger partial charge < -0.3 is 14.8 Å². The minimum atomic E-state index is -0.162. The number of benzene rings is 2. The highest BCUT2D eigenvalue weighted by molar-refractivity contribution is 8.00. The first kappa shape index (κ1) is 19.3. The highest BCUT2D eigenvalue weighted by Gasteiger charge is 2.15. The van der Waals surface area contributed by atoms with Crippen LogP contribution in [0.2, 0.25) is 0 Å². The van der Waals surface area contributed by atoms with E-state index in [2.05, 4.69) is 25.6 Å². The average molecular weight is 434 g/mol. The van der Waals surface area contributed by atoms with Gasteiger partial charge in [-0.2, -0.15) is 0 Å². The van der Waals surface area contributed by atoms with E-state index in [1.54, 1.807) is 22.9 Å². The molecule has 1 N–H and O–H groups in total. The van der Waals surface area contributed by atoms with E-state index in [0.717, 1.165) is 5.56 Å². The number of hydrogen-bond donors (Lipinski definition) is 1. The molecule has 31 heavy (non-hydrogen) atoms. The molecule has 0 saturated heterocycles. The summed E-state index contributed by atoms with van der Waals surface area (Å²) in [5.41, 5.74) is 2.96. The molecule has 0 atom stereocenters. The fraction of sp³-hybridized carbons (Fsp3) is 0.190. The maximum Gasteiger partial charge on any atom is 0.234 e. The molecule has 1 aliphatic heterocycles. The monoisotopic (exact) mass is 434 g/mol. The first-order chi connectivity index (χ1) is 15.3. The van der Waals surface area contributed by atoms with Gasteiger partial charge in [0.15, 0.2) is 22.7 Å². The van der Waals surface area contributed by atoms with Gasteiger partial charge in [-0.05, 0) is 17.7 Å². The summed E-state index contributed by atoms with van der Waals surface area (Å²) in [6.45, 7) is 1.58. The molecule has 1 amide bonds. The van der Waals surface area contributed by atoms with Crippen molar-refractivity contribution >= 4 is 34.5 Å². The number of fused-ring (bicyclic) bond motifs is 2. The third-order valence-corrected chi connectivity index (χ3v) is 5.59. The molecule has 10 heteroatoms. The number of rotatable bonds is 6. The minimum absolute atomic E-state index is 0.162. The standard InChI is InChI=1S/C21H18N6O3S/c28-18(24-15-6-7-16-17(10-15)30-9-8-29-16)12-31-21-19-20(22-13-23-21)27(26-25-19)11-14-4-2-1-3-5-14/h1-7,10,13H,8-9,11-12H2,(H,24,28). The molecular weight excluding hydrogens is 416 g/mol. The van der Waals surface area contributed by atoms with Crippen LogP contribution in [0.4, 0.5) is 5.69 Å². The zero-order valence-electron chi connectivity index (χ0n) is 16.4. The van der Waals surface area contributed by atoms with Crippen LogP contribution < -0.4 is 14.8 Å². The van der Waals surface area contributed by atoms with Crippen molar-refractivity contribution in [1.29, 1.82) is 0 Å². The number of nitrogens with one attached hydrogen (secondary N) is 1. The fourth-order valence-corrected chi connectivity index (χ4v) is 3.92. The van der Waals surface area contributed by atoms with Crippen LogP contribution in [0.1, 0.15) is 5.56 Å². The molecular formula is C21H18N6O3S. The van der Waals surface area contributed by atoms with Gasteiger partial charge >= 0.3 is 0 Å². The van der Waals surface area contributed by atoms with Gasteiger partial charge in [0.1, 0.15) is 24.6 Å². The van der Waals surface area contributed by atoms with Gasteiger partial charge in [0.2, 0.25) is 5.91 Å². The van der Waals surface area contributed by atoms with Crippen molar-refractivity contribution in [3.8, 4) is 11.5 Å². The van der Waals surface area contributed by atoms with Crippen molar-refractivity contribution < 1.29 is 14.3 Å². The molecule has 156 valence electrons. The number of carbonyl (C=O) groups is 1. The van der Waals surface area contributed by atoms with E-state index in [0.29, 0.717) is 53.1 Å². The van der Waals surface area contributed by atoms with Crippen molar-refractivity contribution in [2.75, 3.05) is 24.3 Å². The molecule has 4 aromatic rings. The summed E-state index contributed by atoms with van der Waals surface area (Å²) in [5, 5.41) is 11.9. The molecule has 0 spiro atoms.